The van der Waals surface area contributed by atoms with Gasteiger partial charge in [-0.2, -0.15) is 0 Å². The number of hydrogen-bond donors (Lipinski definition) is 1. The Hall–Kier alpha value is -2.69. The summed E-state index contributed by atoms with van der Waals surface area (Å²) in [4.78, 5) is 26.2. The highest BCUT2D eigenvalue weighted by Crippen LogP contribution is 2.23. The van der Waals surface area contributed by atoms with Gasteiger partial charge < -0.3 is 9.84 Å². The number of esters is 1. The van der Waals surface area contributed by atoms with Gasteiger partial charge in [0.05, 0.1) is 18.2 Å². The van der Waals surface area contributed by atoms with Gasteiger partial charge in [-0.3, -0.25) is 4.98 Å². The smallest absolute Gasteiger partial charge is 0.337 e. The van der Waals surface area contributed by atoms with Crippen LogP contribution in [0.5, 0.6) is 0 Å². The highest BCUT2D eigenvalue weighted by Gasteiger charge is 2.12. The van der Waals surface area contributed by atoms with Crippen LogP contribution in [0.4, 0.5) is 0 Å². The Labute approximate surface area is 109 Å². The molecule has 5 heteroatoms. The summed E-state index contributed by atoms with van der Waals surface area (Å²) in [5.74, 6) is -1.47. The summed E-state index contributed by atoms with van der Waals surface area (Å²) in [7, 11) is 1.31. The van der Waals surface area contributed by atoms with Gasteiger partial charge in [0.15, 0.2) is 0 Å². The van der Waals surface area contributed by atoms with Crippen LogP contribution in [0.2, 0.25) is 0 Å². The molecule has 0 atom stereocenters. The number of aromatic nitrogens is 1. The Morgan fingerprint density at radius 3 is 2.42 bits per heavy atom. The first kappa shape index (κ1) is 12.8. The molecule has 0 aliphatic rings. The quantitative estimate of drug-likeness (QED) is 0.853. The number of ether oxygens (including phenoxy) is 1. The van der Waals surface area contributed by atoms with Gasteiger partial charge in [-0.1, -0.05) is 12.1 Å². The summed E-state index contributed by atoms with van der Waals surface area (Å²) in [5, 5.41) is 9.09. The molecule has 1 aromatic heterocycles. The lowest BCUT2D eigenvalue weighted by Gasteiger charge is -2.06. The zero-order valence-electron chi connectivity index (χ0n) is 10.2. The first-order valence-corrected chi connectivity index (χ1v) is 5.49. The molecule has 1 aromatic carbocycles. The van der Waals surface area contributed by atoms with E-state index in [9.17, 15) is 9.59 Å². The average Bonchev–Trinajstić information content (AvgIpc) is 2.46. The van der Waals surface area contributed by atoms with E-state index in [-0.39, 0.29) is 5.56 Å². The van der Waals surface area contributed by atoms with Crippen molar-refractivity contribution in [2.75, 3.05) is 7.11 Å². The van der Waals surface area contributed by atoms with Crippen molar-refractivity contribution in [3.63, 3.8) is 0 Å². The molecule has 2 aromatic rings. The third-order valence-electron chi connectivity index (χ3n) is 2.67. The fourth-order valence-electron chi connectivity index (χ4n) is 1.72. The second-order valence-corrected chi connectivity index (χ2v) is 3.80. The number of methoxy groups -OCH3 is 1. The van der Waals surface area contributed by atoms with Gasteiger partial charge in [-0.15, -0.1) is 0 Å². The number of carboxylic acids is 1. The van der Waals surface area contributed by atoms with Crippen molar-refractivity contribution in [2.45, 2.75) is 0 Å². The van der Waals surface area contributed by atoms with Gasteiger partial charge in [-0.05, 0) is 29.3 Å². The Morgan fingerprint density at radius 1 is 1.16 bits per heavy atom. The molecule has 1 N–H and O–H groups in total. The zero-order chi connectivity index (χ0) is 13.8. The van der Waals surface area contributed by atoms with Crippen LogP contribution in [0.15, 0.2) is 42.7 Å². The lowest BCUT2D eigenvalue weighted by atomic mass is 10.0. The molecule has 0 aliphatic carbocycles. The second kappa shape index (κ2) is 5.30. The summed E-state index contributed by atoms with van der Waals surface area (Å²) >= 11 is 0. The van der Waals surface area contributed by atoms with E-state index in [4.69, 9.17) is 5.11 Å². The number of carbonyl (C=O) groups is 2. The molecular weight excluding hydrogens is 246 g/mol. The fraction of sp³-hybridized carbons (Fsp3) is 0.0714. The number of nitrogens with zero attached hydrogens (tertiary/aromatic N) is 1. The molecule has 0 saturated heterocycles. The molecule has 5 nitrogen and oxygen atoms in total. The fourth-order valence-corrected chi connectivity index (χ4v) is 1.72. The van der Waals surface area contributed by atoms with Crippen molar-refractivity contribution in [3.8, 4) is 11.1 Å². The van der Waals surface area contributed by atoms with Crippen LogP contribution in [-0.2, 0) is 4.74 Å². The number of hydrogen-bond acceptors (Lipinski definition) is 4. The van der Waals surface area contributed by atoms with Crippen LogP contribution < -0.4 is 0 Å². The molecule has 0 fully saturated rings. The predicted molar refractivity (Wildman–Crippen MR) is 68.0 cm³/mol. The Bertz CT molecular complexity index is 620. The lowest BCUT2D eigenvalue weighted by Crippen LogP contribution is -2.02. The van der Waals surface area contributed by atoms with E-state index in [0.29, 0.717) is 16.7 Å². The summed E-state index contributed by atoms with van der Waals surface area (Å²) in [5.41, 5.74) is 1.79. The minimum Gasteiger partial charge on any atom is -0.478 e. The van der Waals surface area contributed by atoms with E-state index >= 15 is 0 Å². The molecule has 1 heterocycles. The number of aromatic carboxylic acids is 1. The van der Waals surface area contributed by atoms with E-state index in [1.54, 1.807) is 30.3 Å². The molecule has 0 aliphatic heterocycles. The molecule has 0 radical (unpaired) electrons. The molecular formula is C14H11NO4. The van der Waals surface area contributed by atoms with Gasteiger partial charge >= 0.3 is 11.9 Å². The lowest BCUT2D eigenvalue weighted by molar-refractivity contribution is 0.0599. The van der Waals surface area contributed by atoms with Gasteiger partial charge in [0.2, 0.25) is 0 Å². The Morgan fingerprint density at radius 2 is 1.84 bits per heavy atom. The second-order valence-electron chi connectivity index (χ2n) is 3.80. The van der Waals surface area contributed by atoms with Crippen molar-refractivity contribution in [1.82, 2.24) is 4.98 Å². The van der Waals surface area contributed by atoms with Crippen LogP contribution in [-0.4, -0.2) is 29.1 Å². The van der Waals surface area contributed by atoms with Crippen LogP contribution in [0.3, 0.4) is 0 Å². The number of rotatable bonds is 3. The number of carbonyl (C=O) groups excluding carboxylic acids is 1. The molecule has 96 valence electrons. The Balaban J connectivity index is 2.43. The van der Waals surface area contributed by atoms with Gasteiger partial charge in [0.1, 0.15) is 0 Å². The Kier molecular flexibility index (Phi) is 3.56. The third-order valence-corrected chi connectivity index (χ3v) is 2.67. The summed E-state index contributed by atoms with van der Waals surface area (Å²) in [6.07, 6.45) is 2.82. The van der Waals surface area contributed by atoms with E-state index in [0.717, 1.165) is 0 Å². The van der Waals surface area contributed by atoms with Crippen LogP contribution >= 0.6 is 0 Å². The monoisotopic (exact) mass is 257 g/mol. The third kappa shape index (κ3) is 2.60. The highest BCUT2D eigenvalue weighted by molar-refractivity contribution is 5.96. The van der Waals surface area contributed by atoms with Crippen LogP contribution in [0.25, 0.3) is 11.1 Å². The zero-order valence-corrected chi connectivity index (χ0v) is 10.2. The maximum absolute atomic E-state index is 11.3. The summed E-state index contributed by atoms with van der Waals surface area (Å²) in [6, 6.07) is 8.15. The van der Waals surface area contributed by atoms with Crippen molar-refractivity contribution < 1.29 is 19.4 Å². The largest absolute Gasteiger partial charge is 0.478 e. The normalized spacial score (nSPS) is 9.95. The van der Waals surface area contributed by atoms with E-state index in [2.05, 4.69) is 9.72 Å². The molecule has 2 rings (SSSR count). The minimum absolute atomic E-state index is 0.119. The van der Waals surface area contributed by atoms with E-state index in [1.807, 2.05) is 0 Å². The average molecular weight is 257 g/mol. The van der Waals surface area contributed by atoms with Crippen molar-refractivity contribution in [3.05, 3.63) is 53.9 Å². The molecule has 0 saturated carbocycles. The molecule has 0 unspecified atom stereocenters. The minimum atomic E-state index is -1.04. The van der Waals surface area contributed by atoms with Crippen molar-refractivity contribution in [2.24, 2.45) is 0 Å². The summed E-state index contributed by atoms with van der Waals surface area (Å²) < 4.78 is 4.60. The molecule has 0 spiro atoms. The highest BCUT2D eigenvalue weighted by atomic mass is 16.5. The van der Waals surface area contributed by atoms with Gasteiger partial charge in [0.25, 0.3) is 0 Å². The predicted octanol–water partition coefficient (Wildman–Crippen LogP) is 2.23. The SMILES string of the molecule is COC(=O)c1ccc(-c2ccncc2C(=O)O)cc1. The van der Waals surface area contributed by atoms with Crippen LogP contribution in [0.1, 0.15) is 20.7 Å². The first-order valence-electron chi connectivity index (χ1n) is 5.49. The van der Waals surface area contributed by atoms with E-state index < -0.39 is 11.9 Å². The van der Waals surface area contributed by atoms with Crippen molar-refractivity contribution in [1.29, 1.82) is 0 Å². The summed E-state index contributed by atoms with van der Waals surface area (Å²) in [6.45, 7) is 0. The van der Waals surface area contributed by atoms with Gasteiger partial charge in [-0.25, -0.2) is 9.59 Å². The maximum Gasteiger partial charge on any atom is 0.337 e. The van der Waals surface area contributed by atoms with E-state index in [1.165, 1.54) is 19.5 Å². The maximum atomic E-state index is 11.3. The molecule has 19 heavy (non-hydrogen) atoms. The molecule has 0 amide bonds. The van der Waals surface area contributed by atoms with Crippen LogP contribution in [0, 0.1) is 0 Å². The standard InChI is InChI=1S/C14H11NO4/c1-19-14(18)10-4-2-9(3-5-10)11-6-7-15-8-12(11)13(16)17/h2-8H,1H3,(H,16,17). The topological polar surface area (TPSA) is 76.5 Å². The van der Waals surface area contributed by atoms with Gasteiger partial charge in [0, 0.05) is 12.4 Å². The first-order chi connectivity index (χ1) is 9.13. The molecule has 0 bridgehead atoms. The number of carboxylic acid groups (broad SMARTS) is 1. The van der Waals surface area contributed by atoms with Crippen molar-refractivity contribution >= 4 is 11.9 Å². The number of pyridine rings is 1. The number of benzene rings is 1.